The lowest BCUT2D eigenvalue weighted by molar-refractivity contribution is -0.0512. The molecule has 28 heavy (non-hydrogen) atoms. The van der Waals surface area contributed by atoms with Gasteiger partial charge in [0.15, 0.2) is 15.8 Å². The Labute approximate surface area is 168 Å². The monoisotopic (exact) mass is 425 g/mol. The van der Waals surface area contributed by atoms with Crippen LogP contribution >= 0.6 is 23.1 Å². The first-order valence-electron chi connectivity index (χ1n) is 8.07. The zero-order valence-electron chi connectivity index (χ0n) is 15.0. The Balaban J connectivity index is 1.63. The predicted octanol–water partition coefficient (Wildman–Crippen LogP) is 5.19. The summed E-state index contributed by atoms with van der Waals surface area (Å²) in [5.41, 5.74) is 1.69. The molecule has 10 heteroatoms. The van der Waals surface area contributed by atoms with Crippen LogP contribution in [0.5, 0.6) is 17.2 Å². The van der Waals surface area contributed by atoms with E-state index < -0.39 is 6.61 Å². The molecule has 148 valence electrons. The third kappa shape index (κ3) is 5.23. The summed E-state index contributed by atoms with van der Waals surface area (Å²) >= 11 is 2.89. The second-order valence-corrected chi connectivity index (χ2v) is 7.55. The molecule has 1 aromatic heterocycles. The fourth-order valence-corrected chi connectivity index (χ4v) is 4.03. The van der Waals surface area contributed by atoms with E-state index in [-0.39, 0.29) is 11.5 Å². The molecule has 3 rings (SSSR count). The first kappa shape index (κ1) is 20.2. The molecule has 1 N–H and O–H groups in total. The van der Waals surface area contributed by atoms with Crippen molar-refractivity contribution in [3.8, 4) is 17.2 Å². The smallest absolute Gasteiger partial charge is 0.387 e. The van der Waals surface area contributed by atoms with Gasteiger partial charge < -0.3 is 19.5 Å². The van der Waals surface area contributed by atoms with Crippen LogP contribution in [-0.4, -0.2) is 31.0 Å². The van der Waals surface area contributed by atoms with Gasteiger partial charge in [-0.25, -0.2) is 0 Å². The zero-order valence-corrected chi connectivity index (χ0v) is 16.7. The van der Waals surface area contributed by atoms with Crippen molar-refractivity contribution in [3.63, 3.8) is 0 Å². The number of thioether (sulfide) groups is 1. The van der Waals surface area contributed by atoms with Crippen LogP contribution in [0.2, 0.25) is 0 Å². The molecule has 1 heterocycles. The number of alkyl halides is 2. The van der Waals surface area contributed by atoms with Crippen LogP contribution in [0.3, 0.4) is 0 Å². The Hall–Kier alpha value is -2.59. The average molecular weight is 425 g/mol. The van der Waals surface area contributed by atoms with Crippen LogP contribution in [0.25, 0.3) is 0 Å². The SMILES string of the molecule is COc1ccccc1Nc1nnc(SCc2ccc(OC(F)F)c(OC)c2)s1. The Morgan fingerprint density at radius 1 is 1.04 bits per heavy atom. The minimum absolute atomic E-state index is 0.00506. The topological polar surface area (TPSA) is 65.5 Å². The molecule has 0 unspecified atom stereocenters. The molecule has 0 saturated heterocycles. The number of hydrogen-bond acceptors (Lipinski definition) is 8. The highest BCUT2D eigenvalue weighted by molar-refractivity contribution is 8.00. The van der Waals surface area contributed by atoms with Crippen molar-refractivity contribution in [2.24, 2.45) is 0 Å². The second kappa shape index (κ2) is 9.56. The standard InChI is InChI=1S/C18H17F2N3O3S2/c1-24-13-6-4-3-5-12(13)21-17-22-23-18(28-17)27-10-11-7-8-14(26-16(19)20)15(9-11)25-2/h3-9,16H,10H2,1-2H3,(H,21,22). The van der Waals surface area contributed by atoms with Gasteiger partial charge in [0.25, 0.3) is 0 Å². The van der Waals surface area contributed by atoms with Gasteiger partial charge in [0, 0.05) is 5.75 Å². The maximum Gasteiger partial charge on any atom is 0.387 e. The van der Waals surface area contributed by atoms with Gasteiger partial charge in [-0.3, -0.25) is 0 Å². The number of nitrogens with one attached hydrogen (secondary N) is 1. The van der Waals surface area contributed by atoms with E-state index in [1.165, 1.54) is 36.3 Å². The molecule has 0 radical (unpaired) electrons. The van der Waals surface area contributed by atoms with Crippen LogP contribution in [0.1, 0.15) is 5.56 Å². The van der Waals surface area contributed by atoms with E-state index in [0.717, 1.165) is 15.6 Å². The number of halogens is 2. The molecule has 0 bridgehead atoms. The van der Waals surface area contributed by atoms with Gasteiger partial charge in [-0.2, -0.15) is 8.78 Å². The van der Waals surface area contributed by atoms with Gasteiger partial charge in [-0.15, -0.1) is 10.2 Å². The second-order valence-electron chi connectivity index (χ2n) is 5.35. The fourth-order valence-electron chi connectivity index (χ4n) is 2.32. The summed E-state index contributed by atoms with van der Waals surface area (Å²) in [6, 6.07) is 12.4. The average Bonchev–Trinajstić information content (AvgIpc) is 3.14. The number of nitrogens with zero attached hydrogens (tertiary/aromatic N) is 2. The number of methoxy groups -OCH3 is 2. The lowest BCUT2D eigenvalue weighted by atomic mass is 10.2. The Kier molecular flexibility index (Phi) is 6.88. The lowest BCUT2D eigenvalue weighted by Gasteiger charge is -2.11. The molecule has 0 fully saturated rings. The van der Waals surface area contributed by atoms with Gasteiger partial charge in [0.05, 0.1) is 19.9 Å². The first-order chi connectivity index (χ1) is 13.6. The largest absolute Gasteiger partial charge is 0.495 e. The third-order valence-corrected chi connectivity index (χ3v) is 5.60. The molecular formula is C18H17F2N3O3S2. The van der Waals surface area contributed by atoms with Crippen molar-refractivity contribution >= 4 is 33.9 Å². The van der Waals surface area contributed by atoms with Crippen molar-refractivity contribution in [1.82, 2.24) is 10.2 Å². The first-order valence-corrected chi connectivity index (χ1v) is 9.87. The highest BCUT2D eigenvalue weighted by Gasteiger charge is 2.12. The molecule has 0 amide bonds. The number of benzene rings is 2. The minimum Gasteiger partial charge on any atom is -0.495 e. The molecular weight excluding hydrogens is 408 g/mol. The van der Waals surface area contributed by atoms with Gasteiger partial charge in [0.1, 0.15) is 5.75 Å². The Morgan fingerprint density at radius 3 is 2.57 bits per heavy atom. The van der Waals surface area contributed by atoms with Crippen molar-refractivity contribution in [3.05, 3.63) is 48.0 Å². The molecule has 2 aromatic carbocycles. The Bertz CT molecular complexity index is 925. The van der Waals surface area contributed by atoms with Crippen molar-refractivity contribution in [1.29, 1.82) is 0 Å². The molecule has 0 spiro atoms. The zero-order chi connectivity index (χ0) is 19.9. The summed E-state index contributed by atoms with van der Waals surface area (Å²) in [7, 11) is 3.01. The quantitative estimate of drug-likeness (QED) is 0.473. The maximum absolute atomic E-state index is 12.4. The molecule has 0 aliphatic heterocycles. The number of ether oxygens (including phenoxy) is 3. The molecule has 3 aromatic rings. The number of hydrogen-bond donors (Lipinski definition) is 1. The summed E-state index contributed by atoms with van der Waals surface area (Å²) in [5.74, 6) is 1.55. The van der Waals surface area contributed by atoms with Crippen LogP contribution in [0.4, 0.5) is 19.6 Å². The van der Waals surface area contributed by atoms with Gasteiger partial charge in [-0.05, 0) is 29.8 Å². The predicted molar refractivity (Wildman–Crippen MR) is 105 cm³/mol. The van der Waals surface area contributed by atoms with Crippen LogP contribution in [0.15, 0.2) is 46.8 Å². The van der Waals surface area contributed by atoms with E-state index in [9.17, 15) is 8.78 Å². The molecule has 0 saturated carbocycles. The van der Waals surface area contributed by atoms with Crippen LogP contribution in [-0.2, 0) is 5.75 Å². The van der Waals surface area contributed by atoms with Crippen LogP contribution in [0, 0.1) is 0 Å². The van der Waals surface area contributed by atoms with Gasteiger partial charge in [0.2, 0.25) is 5.13 Å². The summed E-state index contributed by atoms with van der Waals surface area (Å²) < 4.78 is 40.4. The number of aromatic nitrogens is 2. The molecule has 0 atom stereocenters. The lowest BCUT2D eigenvalue weighted by Crippen LogP contribution is -2.03. The van der Waals surface area contributed by atoms with Crippen LogP contribution < -0.4 is 19.5 Å². The van der Waals surface area contributed by atoms with Crippen molar-refractivity contribution < 1.29 is 23.0 Å². The fraction of sp³-hybridized carbons (Fsp3) is 0.222. The van der Waals surface area contributed by atoms with E-state index in [1.54, 1.807) is 19.2 Å². The summed E-state index contributed by atoms with van der Waals surface area (Å²) in [5, 5.41) is 12.1. The molecule has 0 aliphatic rings. The summed E-state index contributed by atoms with van der Waals surface area (Å²) in [6.45, 7) is -2.90. The third-order valence-electron chi connectivity index (χ3n) is 3.56. The van der Waals surface area contributed by atoms with Gasteiger partial charge >= 0.3 is 6.61 Å². The van der Waals surface area contributed by atoms with Gasteiger partial charge in [-0.1, -0.05) is 41.3 Å². The summed E-state index contributed by atoms with van der Waals surface area (Å²) in [6.07, 6.45) is 0. The van der Waals surface area contributed by atoms with E-state index in [2.05, 4.69) is 20.3 Å². The highest BCUT2D eigenvalue weighted by atomic mass is 32.2. The number of para-hydroxylation sites is 2. The number of anilines is 2. The minimum atomic E-state index is -2.90. The maximum atomic E-state index is 12.4. The normalized spacial score (nSPS) is 10.8. The van der Waals surface area contributed by atoms with Crippen molar-refractivity contribution in [2.75, 3.05) is 19.5 Å². The molecule has 6 nitrogen and oxygen atoms in total. The van der Waals surface area contributed by atoms with E-state index >= 15 is 0 Å². The Morgan fingerprint density at radius 2 is 1.82 bits per heavy atom. The number of rotatable bonds is 9. The van der Waals surface area contributed by atoms with E-state index in [4.69, 9.17) is 9.47 Å². The summed E-state index contributed by atoms with van der Waals surface area (Å²) in [4.78, 5) is 0. The van der Waals surface area contributed by atoms with E-state index in [1.807, 2.05) is 24.3 Å². The highest BCUT2D eigenvalue weighted by Crippen LogP contribution is 2.35. The molecule has 0 aliphatic carbocycles. The van der Waals surface area contributed by atoms with E-state index in [0.29, 0.717) is 16.6 Å². The van der Waals surface area contributed by atoms with Crippen molar-refractivity contribution in [2.45, 2.75) is 16.7 Å².